The van der Waals surface area contributed by atoms with E-state index in [1.807, 2.05) is 14.1 Å². The van der Waals surface area contributed by atoms with Crippen LogP contribution in [0.25, 0.3) is 0 Å². The third-order valence-corrected chi connectivity index (χ3v) is 1.89. The fourth-order valence-electron chi connectivity index (χ4n) is 1.06. The summed E-state index contributed by atoms with van der Waals surface area (Å²) in [5.74, 6) is 0.00678. The summed E-state index contributed by atoms with van der Waals surface area (Å²) in [6.45, 7) is 0.461. The number of hydrogen-bond donors (Lipinski definition) is 2. The Morgan fingerprint density at radius 2 is 1.93 bits per heavy atom. The van der Waals surface area contributed by atoms with Gasteiger partial charge >= 0.3 is 0 Å². The van der Waals surface area contributed by atoms with E-state index in [0.29, 0.717) is 11.6 Å². The van der Waals surface area contributed by atoms with Gasteiger partial charge in [0.25, 0.3) is 5.91 Å². The lowest BCUT2D eigenvalue weighted by molar-refractivity contribution is -0.849. The first-order valence-corrected chi connectivity index (χ1v) is 4.80. The lowest BCUT2D eigenvalue weighted by Crippen LogP contribution is -3.06. The molecule has 0 bridgehead atoms. The zero-order valence-electron chi connectivity index (χ0n) is 8.30. The van der Waals surface area contributed by atoms with Crippen LogP contribution in [-0.2, 0) is 4.79 Å². The molecular weight excluding hydrogens is 200 g/mol. The summed E-state index contributed by atoms with van der Waals surface area (Å²) in [5.41, 5.74) is 0.778. The maximum absolute atomic E-state index is 11.3. The van der Waals surface area contributed by atoms with Gasteiger partial charge in [-0.15, -0.1) is 0 Å². The topological polar surface area (TPSA) is 33.5 Å². The molecule has 0 aliphatic heterocycles. The maximum Gasteiger partial charge on any atom is 0.279 e. The SMILES string of the molecule is C[NH+](C)CC(=O)Nc1ccc(Cl)cc1. The fourth-order valence-corrected chi connectivity index (χ4v) is 1.19. The van der Waals surface area contributed by atoms with Crippen molar-refractivity contribution in [1.29, 1.82) is 0 Å². The number of likely N-dealkylation sites (N-methyl/N-ethyl adjacent to an activating group) is 1. The smallest absolute Gasteiger partial charge is 0.279 e. The third-order valence-electron chi connectivity index (χ3n) is 1.64. The van der Waals surface area contributed by atoms with Crippen LogP contribution in [0.3, 0.4) is 0 Å². The van der Waals surface area contributed by atoms with Gasteiger partial charge in [-0.05, 0) is 24.3 Å². The second-order valence-corrected chi connectivity index (χ2v) is 3.88. The highest BCUT2D eigenvalue weighted by atomic mass is 35.5. The van der Waals surface area contributed by atoms with Crippen LogP contribution in [0.15, 0.2) is 24.3 Å². The van der Waals surface area contributed by atoms with Crippen molar-refractivity contribution in [3.05, 3.63) is 29.3 Å². The van der Waals surface area contributed by atoms with E-state index in [4.69, 9.17) is 11.6 Å². The highest BCUT2D eigenvalue weighted by molar-refractivity contribution is 6.30. The first-order chi connectivity index (χ1) is 6.58. The molecule has 0 fully saturated rings. The molecule has 3 nitrogen and oxygen atoms in total. The van der Waals surface area contributed by atoms with E-state index < -0.39 is 0 Å². The summed E-state index contributed by atoms with van der Waals surface area (Å²) in [5, 5.41) is 3.45. The minimum absolute atomic E-state index is 0.00678. The molecule has 1 aromatic carbocycles. The predicted molar refractivity (Wildman–Crippen MR) is 57.8 cm³/mol. The molecular formula is C10H14ClN2O+. The summed E-state index contributed by atoms with van der Waals surface area (Å²) >= 11 is 5.72. The van der Waals surface area contributed by atoms with Crippen molar-refractivity contribution >= 4 is 23.2 Å². The first kappa shape index (κ1) is 11.0. The Bertz CT molecular complexity index is 308. The number of rotatable bonds is 3. The third kappa shape index (κ3) is 3.77. The normalized spacial score (nSPS) is 10.3. The van der Waals surface area contributed by atoms with Gasteiger partial charge in [0.2, 0.25) is 0 Å². The van der Waals surface area contributed by atoms with Crippen LogP contribution in [0.5, 0.6) is 0 Å². The van der Waals surface area contributed by atoms with E-state index in [-0.39, 0.29) is 5.91 Å². The molecule has 76 valence electrons. The van der Waals surface area contributed by atoms with E-state index in [1.165, 1.54) is 0 Å². The van der Waals surface area contributed by atoms with Crippen molar-refractivity contribution in [2.24, 2.45) is 0 Å². The Morgan fingerprint density at radius 3 is 2.43 bits per heavy atom. The van der Waals surface area contributed by atoms with Gasteiger partial charge in [0.15, 0.2) is 6.54 Å². The van der Waals surface area contributed by atoms with Gasteiger partial charge < -0.3 is 10.2 Å². The highest BCUT2D eigenvalue weighted by Crippen LogP contribution is 2.12. The minimum Gasteiger partial charge on any atom is -0.332 e. The largest absolute Gasteiger partial charge is 0.332 e. The number of carbonyl (C=O) groups excluding carboxylic acids is 1. The molecule has 0 aliphatic carbocycles. The number of benzene rings is 1. The molecule has 1 rings (SSSR count). The molecule has 0 heterocycles. The molecule has 4 heteroatoms. The Balaban J connectivity index is 2.52. The molecule has 0 saturated heterocycles. The van der Waals surface area contributed by atoms with Crippen molar-refractivity contribution in [2.75, 3.05) is 26.0 Å². The van der Waals surface area contributed by atoms with E-state index >= 15 is 0 Å². The van der Waals surface area contributed by atoms with E-state index in [0.717, 1.165) is 10.6 Å². The summed E-state index contributed by atoms with van der Waals surface area (Å²) in [6.07, 6.45) is 0. The summed E-state index contributed by atoms with van der Waals surface area (Å²) in [6, 6.07) is 7.07. The molecule has 1 aromatic rings. The Labute approximate surface area is 88.7 Å². The number of anilines is 1. The van der Waals surface area contributed by atoms with Crippen LogP contribution in [0.1, 0.15) is 0 Å². The maximum atomic E-state index is 11.3. The van der Waals surface area contributed by atoms with Gasteiger partial charge in [0.1, 0.15) is 0 Å². The summed E-state index contributed by atoms with van der Waals surface area (Å²) < 4.78 is 0. The van der Waals surface area contributed by atoms with Crippen molar-refractivity contribution in [3.8, 4) is 0 Å². The van der Waals surface area contributed by atoms with Gasteiger partial charge in [0, 0.05) is 10.7 Å². The molecule has 0 radical (unpaired) electrons. The van der Waals surface area contributed by atoms with Gasteiger partial charge in [-0.2, -0.15) is 0 Å². The second kappa shape index (κ2) is 4.98. The van der Waals surface area contributed by atoms with E-state index in [1.54, 1.807) is 24.3 Å². The average Bonchev–Trinajstić information content (AvgIpc) is 2.07. The number of amides is 1. The molecule has 2 N–H and O–H groups in total. The fraction of sp³-hybridized carbons (Fsp3) is 0.300. The van der Waals surface area contributed by atoms with Crippen LogP contribution < -0.4 is 10.2 Å². The molecule has 0 saturated carbocycles. The number of hydrogen-bond acceptors (Lipinski definition) is 1. The van der Waals surface area contributed by atoms with Gasteiger partial charge in [-0.3, -0.25) is 4.79 Å². The monoisotopic (exact) mass is 213 g/mol. The van der Waals surface area contributed by atoms with Crippen molar-refractivity contribution in [2.45, 2.75) is 0 Å². The average molecular weight is 214 g/mol. The van der Waals surface area contributed by atoms with Crippen LogP contribution in [0, 0.1) is 0 Å². The number of halogens is 1. The Morgan fingerprint density at radius 1 is 1.36 bits per heavy atom. The van der Waals surface area contributed by atoms with Gasteiger partial charge in [0.05, 0.1) is 14.1 Å². The van der Waals surface area contributed by atoms with Crippen LogP contribution in [-0.4, -0.2) is 26.5 Å². The predicted octanol–water partition coefficient (Wildman–Crippen LogP) is 0.423. The molecule has 0 atom stereocenters. The lowest BCUT2D eigenvalue weighted by atomic mass is 10.3. The number of carbonyl (C=O) groups is 1. The highest BCUT2D eigenvalue weighted by Gasteiger charge is 2.05. The zero-order valence-corrected chi connectivity index (χ0v) is 9.06. The van der Waals surface area contributed by atoms with Crippen LogP contribution in [0.4, 0.5) is 5.69 Å². The van der Waals surface area contributed by atoms with E-state index in [2.05, 4.69) is 5.32 Å². The second-order valence-electron chi connectivity index (χ2n) is 3.44. The number of quaternary nitrogens is 1. The standard InChI is InChI=1S/C10H13ClN2O/c1-13(2)7-10(14)12-9-5-3-8(11)4-6-9/h3-6H,7H2,1-2H3,(H,12,14)/p+1. The van der Waals surface area contributed by atoms with Crippen LogP contribution in [0.2, 0.25) is 5.02 Å². The van der Waals surface area contributed by atoms with Gasteiger partial charge in [-0.25, -0.2) is 0 Å². The van der Waals surface area contributed by atoms with E-state index in [9.17, 15) is 4.79 Å². The molecule has 0 aliphatic rings. The van der Waals surface area contributed by atoms with Crippen LogP contribution >= 0.6 is 11.6 Å². The van der Waals surface area contributed by atoms with Crippen molar-refractivity contribution < 1.29 is 9.69 Å². The zero-order chi connectivity index (χ0) is 10.6. The van der Waals surface area contributed by atoms with Gasteiger partial charge in [-0.1, -0.05) is 11.6 Å². The molecule has 1 amide bonds. The summed E-state index contributed by atoms with van der Waals surface area (Å²) in [7, 11) is 3.86. The molecule has 0 aromatic heterocycles. The van der Waals surface area contributed by atoms with Crippen molar-refractivity contribution in [3.63, 3.8) is 0 Å². The quantitative estimate of drug-likeness (QED) is 0.750. The molecule has 0 spiro atoms. The number of nitrogens with one attached hydrogen (secondary N) is 2. The Hall–Kier alpha value is -1.06. The summed E-state index contributed by atoms with van der Waals surface area (Å²) in [4.78, 5) is 12.4. The van der Waals surface area contributed by atoms with Crippen molar-refractivity contribution in [1.82, 2.24) is 0 Å². The lowest BCUT2D eigenvalue weighted by Gasteiger charge is -2.07. The first-order valence-electron chi connectivity index (χ1n) is 4.42. The molecule has 14 heavy (non-hydrogen) atoms. The molecule has 0 unspecified atom stereocenters. The Kier molecular flexibility index (Phi) is 3.92. The minimum atomic E-state index is 0.00678.